The molecule has 31 heavy (non-hydrogen) atoms. The van der Waals surface area contributed by atoms with E-state index in [1.165, 1.54) is 18.4 Å². The number of nitrogens with zero attached hydrogens (tertiary/aromatic N) is 1. The van der Waals surface area contributed by atoms with Crippen molar-refractivity contribution in [3.05, 3.63) is 83.7 Å². The summed E-state index contributed by atoms with van der Waals surface area (Å²) in [7, 11) is -3.44. The highest BCUT2D eigenvalue weighted by atomic mass is 32.2. The van der Waals surface area contributed by atoms with E-state index in [9.17, 15) is 8.42 Å². The van der Waals surface area contributed by atoms with Crippen molar-refractivity contribution in [2.75, 3.05) is 12.4 Å². The minimum atomic E-state index is -3.44. The Labute approximate surface area is 185 Å². The molecule has 0 saturated carbocycles. The number of hydrogen-bond donors (Lipinski definition) is 1. The van der Waals surface area contributed by atoms with Gasteiger partial charge in [-0.25, -0.2) is 8.42 Å². The zero-order valence-corrected chi connectivity index (χ0v) is 18.7. The number of aliphatic hydroxyl groups is 1. The number of aliphatic hydroxyl groups excluding tert-OH is 1. The molecule has 1 heterocycles. The molecule has 0 atom stereocenters. The Bertz CT molecular complexity index is 1110. The lowest BCUT2D eigenvalue weighted by atomic mass is 9.95. The minimum Gasteiger partial charge on any atom is -0.395 e. The first-order valence-corrected chi connectivity index (χ1v) is 12.3. The molecule has 0 bridgehead atoms. The number of benzene rings is 2. The number of unbranched alkanes of at least 4 members (excludes halogenated alkanes) is 2. The second-order valence-corrected chi connectivity index (χ2v) is 9.63. The Morgan fingerprint density at radius 1 is 0.935 bits per heavy atom. The molecule has 0 radical (unpaired) electrons. The lowest BCUT2D eigenvalue weighted by molar-refractivity contribution is 0.319. The molecule has 1 N–H and O–H groups in total. The van der Waals surface area contributed by atoms with E-state index in [1.807, 2.05) is 36.4 Å². The van der Waals surface area contributed by atoms with Crippen LogP contribution in [-0.2, 0) is 16.3 Å². The third kappa shape index (κ3) is 6.36. The number of aryl methyl sites for hydroxylation is 1. The molecule has 0 spiro atoms. The van der Waals surface area contributed by atoms with Crippen LogP contribution in [0, 0.1) is 0 Å². The lowest BCUT2D eigenvalue weighted by Gasteiger charge is -2.11. The molecule has 3 rings (SSSR count). The molecule has 0 saturated heterocycles. The number of hydrogen-bond acceptors (Lipinski definition) is 4. The normalized spacial score (nSPS) is 11.8. The van der Waals surface area contributed by atoms with E-state index in [4.69, 9.17) is 5.11 Å². The first-order valence-electron chi connectivity index (χ1n) is 10.7. The smallest absolute Gasteiger partial charge is 0.180 e. The van der Waals surface area contributed by atoms with Crippen LogP contribution in [0.4, 0.5) is 0 Å². The fourth-order valence-electron chi connectivity index (χ4n) is 3.47. The summed E-state index contributed by atoms with van der Waals surface area (Å²) in [6, 6.07) is 19.1. The molecular formula is C26H29NO3S. The lowest BCUT2D eigenvalue weighted by Crippen LogP contribution is -2.09. The zero-order valence-electron chi connectivity index (χ0n) is 17.9. The summed E-state index contributed by atoms with van der Waals surface area (Å²) in [5.41, 5.74) is 5.34. The van der Waals surface area contributed by atoms with Crippen molar-refractivity contribution in [3.63, 3.8) is 0 Å². The summed E-state index contributed by atoms with van der Waals surface area (Å²) in [6.07, 6.45) is 10.5. The quantitative estimate of drug-likeness (QED) is 0.432. The Balaban J connectivity index is 1.91. The van der Waals surface area contributed by atoms with Crippen LogP contribution < -0.4 is 0 Å². The van der Waals surface area contributed by atoms with Gasteiger partial charge in [-0.15, -0.1) is 0 Å². The van der Waals surface area contributed by atoms with Crippen molar-refractivity contribution in [1.29, 1.82) is 0 Å². The van der Waals surface area contributed by atoms with Gasteiger partial charge >= 0.3 is 0 Å². The first kappa shape index (κ1) is 22.9. The highest BCUT2D eigenvalue weighted by Crippen LogP contribution is 2.26. The van der Waals surface area contributed by atoms with Crippen LogP contribution in [-0.4, -0.2) is 30.9 Å². The second-order valence-electron chi connectivity index (χ2n) is 7.53. The molecule has 5 heteroatoms. The number of pyridine rings is 1. The van der Waals surface area contributed by atoms with Gasteiger partial charge in [0.25, 0.3) is 0 Å². The van der Waals surface area contributed by atoms with Crippen LogP contribution in [0.5, 0.6) is 0 Å². The van der Waals surface area contributed by atoms with Gasteiger partial charge in [-0.1, -0.05) is 56.2 Å². The molecule has 0 aliphatic carbocycles. The zero-order chi connectivity index (χ0) is 22.1. The summed E-state index contributed by atoms with van der Waals surface area (Å²) in [4.78, 5) is 4.60. The summed E-state index contributed by atoms with van der Waals surface area (Å²) < 4.78 is 24.3. The largest absolute Gasteiger partial charge is 0.395 e. The molecule has 2 aromatic carbocycles. The van der Waals surface area contributed by atoms with E-state index in [-0.39, 0.29) is 17.3 Å². The van der Waals surface area contributed by atoms with E-state index in [0.717, 1.165) is 35.2 Å². The van der Waals surface area contributed by atoms with E-state index < -0.39 is 9.84 Å². The molecule has 4 nitrogen and oxygen atoms in total. The molecule has 0 aliphatic heterocycles. The maximum atomic E-state index is 12.1. The fraction of sp³-hybridized carbons (Fsp3) is 0.269. The molecule has 0 fully saturated rings. The van der Waals surface area contributed by atoms with Crippen molar-refractivity contribution >= 4 is 22.0 Å². The van der Waals surface area contributed by atoms with Gasteiger partial charge in [0.2, 0.25) is 0 Å². The average Bonchev–Trinajstić information content (AvgIpc) is 2.79. The van der Waals surface area contributed by atoms with E-state index in [1.54, 1.807) is 18.3 Å². The SMILES string of the molecule is CCCCCc1ccc(-c2ccc(S(=O)(=O)CCO)cc2)cc1/C=C\c1ccccn1. The van der Waals surface area contributed by atoms with Gasteiger partial charge in [-0.3, -0.25) is 4.98 Å². The van der Waals surface area contributed by atoms with Crippen LogP contribution >= 0.6 is 0 Å². The average molecular weight is 436 g/mol. The minimum absolute atomic E-state index is 0.233. The Morgan fingerprint density at radius 3 is 2.39 bits per heavy atom. The second kappa shape index (κ2) is 11.0. The molecule has 162 valence electrons. The molecular weight excluding hydrogens is 406 g/mol. The van der Waals surface area contributed by atoms with Crippen LogP contribution in [0.1, 0.15) is 43.0 Å². The van der Waals surface area contributed by atoms with Crippen molar-refractivity contribution < 1.29 is 13.5 Å². The molecule has 0 aliphatic rings. The Kier molecular flexibility index (Phi) is 8.15. The highest BCUT2D eigenvalue weighted by Gasteiger charge is 2.13. The van der Waals surface area contributed by atoms with E-state index >= 15 is 0 Å². The molecule has 0 unspecified atom stereocenters. The van der Waals surface area contributed by atoms with Gasteiger partial charge in [0.1, 0.15) is 0 Å². The Morgan fingerprint density at radius 2 is 1.71 bits per heavy atom. The van der Waals surface area contributed by atoms with Crippen LogP contribution in [0.25, 0.3) is 23.3 Å². The summed E-state index contributed by atoms with van der Waals surface area (Å²) in [5.74, 6) is -0.263. The monoisotopic (exact) mass is 435 g/mol. The van der Waals surface area contributed by atoms with Gasteiger partial charge in [-0.2, -0.15) is 0 Å². The maximum absolute atomic E-state index is 12.1. The summed E-state index contributed by atoms with van der Waals surface area (Å²) in [5, 5.41) is 8.97. The first-order chi connectivity index (χ1) is 15.0. The summed E-state index contributed by atoms with van der Waals surface area (Å²) in [6.45, 7) is 1.82. The van der Waals surface area contributed by atoms with Gasteiger partial charge < -0.3 is 5.11 Å². The number of aromatic nitrogens is 1. The van der Waals surface area contributed by atoms with Crippen molar-refractivity contribution in [1.82, 2.24) is 4.98 Å². The number of sulfone groups is 1. The summed E-state index contributed by atoms with van der Waals surface area (Å²) >= 11 is 0. The predicted octanol–water partition coefficient (Wildman–Crippen LogP) is 5.42. The van der Waals surface area contributed by atoms with Gasteiger partial charge in [0, 0.05) is 6.20 Å². The van der Waals surface area contributed by atoms with E-state index in [0.29, 0.717) is 0 Å². The van der Waals surface area contributed by atoms with Crippen molar-refractivity contribution in [3.8, 4) is 11.1 Å². The molecule has 3 aromatic rings. The molecule has 0 amide bonds. The molecule has 1 aromatic heterocycles. The van der Waals surface area contributed by atoms with Crippen LogP contribution in [0.15, 0.2) is 71.8 Å². The third-order valence-corrected chi connectivity index (χ3v) is 6.93. The van der Waals surface area contributed by atoms with Gasteiger partial charge in [0.15, 0.2) is 9.84 Å². The van der Waals surface area contributed by atoms with Crippen molar-refractivity contribution in [2.45, 2.75) is 37.5 Å². The van der Waals surface area contributed by atoms with Gasteiger partial charge in [-0.05, 0) is 71.5 Å². The van der Waals surface area contributed by atoms with E-state index in [2.05, 4.69) is 36.2 Å². The number of rotatable bonds is 10. The maximum Gasteiger partial charge on any atom is 0.180 e. The third-order valence-electron chi connectivity index (χ3n) is 5.22. The Hall–Kier alpha value is -2.76. The van der Waals surface area contributed by atoms with Crippen LogP contribution in [0.3, 0.4) is 0 Å². The predicted molar refractivity (Wildman–Crippen MR) is 127 cm³/mol. The topological polar surface area (TPSA) is 67.3 Å². The highest BCUT2D eigenvalue weighted by molar-refractivity contribution is 7.91. The van der Waals surface area contributed by atoms with Crippen LogP contribution in [0.2, 0.25) is 0 Å². The van der Waals surface area contributed by atoms with Gasteiger partial charge in [0.05, 0.1) is 22.9 Å². The fourth-order valence-corrected chi connectivity index (χ4v) is 4.49. The standard InChI is InChI=1S/C26H29NO3S/c1-2-3-4-7-21-9-10-23(20-24(21)11-14-25-8-5-6-17-27-25)22-12-15-26(16-13-22)31(29,30)19-18-28/h5-6,8-17,20,28H,2-4,7,18-19H2,1H3/b14-11-. The van der Waals surface area contributed by atoms with Crippen molar-refractivity contribution in [2.24, 2.45) is 0 Å².